The summed E-state index contributed by atoms with van der Waals surface area (Å²) >= 11 is 0. The maximum absolute atomic E-state index is 11.6. The van der Waals surface area contributed by atoms with Crippen LogP contribution in [0, 0.1) is 0 Å². The van der Waals surface area contributed by atoms with Crippen LogP contribution in [0.1, 0.15) is 6.42 Å². The van der Waals surface area contributed by atoms with E-state index in [4.69, 9.17) is 10.2 Å². The molecule has 0 fully saturated rings. The highest BCUT2D eigenvalue weighted by Crippen LogP contribution is 2.23. The van der Waals surface area contributed by atoms with Gasteiger partial charge in [0.15, 0.2) is 6.10 Å². The molecule has 0 aliphatic heterocycles. The van der Waals surface area contributed by atoms with Gasteiger partial charge < -0.3 is 10.2 Å². The normalized spacial score (nSPS) is 17.5. The lowest BCUT2D eigenvalue weighted by Gasteiger charge is -2.18. The molecule has 0 aromatic carbocycles. The number of hydrogen-bond acceptors (Lipinski definition) is 2. The zero-order chi connectivity index (χ0) is 9.07. The fourth-order valence-corrected chi connectivity index (χ4v) is 0.518. The van der Waals surface area contributed by atoms with Crippen LogP contribution in [0.15, 0.2) is 12.7 Å². The van der Waals surface area contributed by atoms with E-state index in [1.807, 2.05) is 0 Å². The van der Waals surface area contributed by atoms with Gasteiger partial charge in [0.1, 0.15) is 0 Å². The largest absolute Gasteiger partial charge is 0.416 e. The predicted molar refractivity (Wildman–Crippen MR) is 32.9 cm³/mol. The Bertz CT molecular complexity index is 132. The lowest BCUT2D eigenvalue weighted by molar-refractivity contribution is -0.229. The summed E-state index contributed by atoms with van der Waals surface area (Å²) in [4.78, 5) is 0. The van der Waals surface area contributed by atoms with Gasteiger partial charge in [-0.3, -0.25) is 0 Å². The molecule has 0 aromatic rings. The van der Waals surface area contributed by atoms with Crippen molar-refractivity contribution in [3.05, 3.63) is 12.7 Å². The smallest absolute Gasteiger partial charge is 0.390 e. The van der Waals surface area contributed by atoms with Crippen LogP contribution in [0.2, 0.25) is 0 Å². The van der Waals surface area contributed by atoms with Crippen molar-refractivity contribution in [2.75, 3.05) is 0 Å². The Balaban J connectivity index is 4.01. The van der Waals surface area contributed by atoms with Crippen molar-refractivity contribution in [2.24, 2.45) is 0 Å². The van der Waals surface area contributed by atoms with Crippen molar-refractivity contribution in [3.63, 3.8) is 0 Å². The first-order valence-electron chi connectivity index (χ1n) is 2.93. The van der Waals surface area contributed by atoms with Gasteiger partial charge in [0.05, 0.1) is 6.10 Å². The number of rotatable bonds is 3. The summed E-state index contributed by atoms with van der Waals surface area (Å²) in [6, 6.07) is 0. The maximum atomic E-state index is 11.6. The molecule has 66 valence electrons. The number of hydrogen-bond donors (Lipinski definition) is 2. The lowest BCUT2D eigenvalue weighted by Crippen LogP contribution is -2.39. The van der Waals surface area contributed by atoms with Gasteiger partial charge in [-0.1, -0.05) is 6.08 Å². The highest BCUT2D eigenvalue weighted by Gasteiger charge is 2.42. The van der Waals surface area contributed by atoms with Crippen LogP contribution in [0.3, 0.4) is 0 Å². The van der Waals surface area contributed by atoms with Gasteiger partial charge in [0.25, 0.3) is 0 Å². The van der Waals surface area contributed by atoms with Crippen LogP contribution in [0.5, 0.6) is 0 Å². The molecular weight excluding hydrogens is 161 g/mol. The molecule has 0 heterocycles. The van der Waals surface area contributed by atoms with E-state index in [0.29, 0.717) is 0 Å². The van der Waals surface area contributed by atoms with E-state index in [-0.39, 0.29) is 6.42 Å². The molecular formula is C6H9F3O2. The van der Waals surface area contributed by atoms with Crippen LogP contribution in [0.25, 0.3) is 0 Å². The molecule has 2 N–H and O–H groups in total. The zero-order valence-corrected chi connectivity index (χ0v) is 5.67. The van der Waals surface area contributed by atoms with Gasteiger partial charge in [0, 0.05) is 0 Å². The maximum Gasteiger partial charge on any atom is 0.416 e. The lowest BCUT2D eigenvalue weighted by atomic mass is 10.1. The van der Waals surface area contributed by atoms with Crippen molar-refractivity contribution < 1.29 is 23.4 Å². The minimum absolute atomic E-state index is 0.277. The Kier molecular flexibility index (Phi) is 3.54. The van der Waals surface area contributed by atoms with Crippen LogP contribution >= 0.6 is 0 Å². The SMILES string of the molecule is C=CCC(O)C(O)C(F)(F)F. The summed E-state index contributed by atoms with van der Waals surface area (Å²) in [5.74, 6) is 0. The minimum Gasteiger partial charge on any atom is -0.390 e. The van der Waals surface area contributed by atoms with E-state index in [1.54, 1.807) is 0 Å². The van der Waals surface area contributed by atoms with E-state index in [9.17, 15) is 13.2 Å². The second-order valence-electron chi connectivity index (χ2n) is 2.08. The van der Waals surface area contributed by atoms with Gasteiger partial charge in [-0.05, 0) is 6.42 Å². The highest BCUT2D eigenvalue weighted by atomic mass is 19.4. The first kappa shape index (κ1) is 10.4. The number of halogens is 3. The molecule has 0 spiro atoms. The first-order valence-corrected chi connectivity index (χ1v) is 2.93. The van der Waals surface area contributed by atoms with Crippen LogP contribution < -0.4 is 0 Å². The van der Waals surface area contributed by atoms with Crippen LogP contribution in [-0.2, 0) is 0 Å². The highest BCUT2D eigenvalue weighted by molar-refractivity contribution is 4.81. The van der Waals surface area contributed by atoms with Gasteiger partial charge in [-0.2, -0.15) is 13.2 Å². The third-order valence-electron chi connectivity index (χ3n) is 1.11. The number of aliphatic hydroxyl groups excluding tert-OH is 2. The van der Waals surface area contributed by atoms with E-state index >= 15 is 0 Å². The summed E-state index contributed by atoms with van der Waals surface area (Å²) in [6.45, 7) is 3.13. The standard InChI is InChI=1S/C6H9F3O2/c1-2-3-4(10)5(11)6(7,8)9/h2,4-5,10-11H,1,3H2. The van der Waals surface area contributed by atoms with E-state index in [1.165, 1.54) is 0 Å². The third-order valence-corrected chi connectivity index (χ3v) is 1.11. The third kappa shape index (κ3) is 3.38. The molecule has 0 aliphatic carbocycles. The van der Waals surface area contributed by atoms with E-state index in [2.05, 4.69) is 6.58 Å². The van der Waals surface area contributed by atoms with Crippen molar-refractivity contribution in [1.82, 2.24) is 0 Å². The average Bonchev–Trinajstić information content (AvgIpc) is 1.85. The van der Waals surface area contributed by atoms with Crippen LogP contribution in [0.4, 0.5) is 13.2 Å². The Morgan fingerprint density at radius 3 is 2.09 bits per heavy atom. The summed E-state index contributed by atoms with van der Waals surface area (Å²) in [5, 5.41) is 17.0. The van der Waals surface area contributed by atoms with Crippen molar-refractivity contribution in [3.8, 4) is 0 Å². The second-order valence-corrected chi connectivity index (χ2v) is 2.08. The van der Waals surface area contributed by atoms with Crippen molar-refractivity contribution in [1.29, 1.82) is 0 Å². The Hall–Kier alpha value is -0.550. The fourth-order valence-electron chi connectivity index (χ4n) is 0.518. The van der Waals surface area contributed by atoms with E-state index in [0.717, 1.165) is 6.08 Å². The molecule has 0 saturated heterocycles. The Labute approximate surface area is 62.0 Å². The van der Waals surface area contributed by atoms with Crippen LogP contribution in [-0.4, -0.2) is 28.6 Å². The van der Waals surface area contributed by atoms with Crippen molar-refractivity contribution in [2.45, 2.75) is 24.8 Å². The van der Waals surface area contributed by atoms with E-state index < -0.39 is 18.4 Å². The molecule has 5 heteroatoms. The molecule has 2 nitrogen and oxygen atoms in total. The van der Waals surface area contributed by atoms with Crippen molar-refractivity contribution >= 4 is 0 Å². The summed E-state index contributed by atoms with van der Waals surface area (Å²) < 4.78 is 34.7. The molecule has 2 unspecified atom stereocenters. The van der Waals surface area contributed by atoms with Gasteiger partial charge in [-0.15, -0.1) is 6.58 Å². The summed E-state index contributed by atoms with van der Waals surface area (Å²) in [6.07, 6.45) is -8.42. The number of aliphatic hydroxyl groups is 2. The topological polar surface area (TPSA) is 40.5 Å². The average molecular weight is 170 g/mol. The minimum atomic E-state index is -4.76. The predicted octanol–water partition coefficient (Wildman–Crippen LogP) is 0.847. The Morgan fingerprint density at radius 1 is 1.36 bits per heavy atom. The quantitative estimate of drug-likeness (QED) is 0.616. The van der Waals surface area contributed by atoms with Gasteiger partial charge >= 0.3 is 6.18 Å². The molecule has 0 aliphatic rings. The summed E-state index contributed by atoms with van der Waals surface area (Å²) in [7, 11) is 0. The molecule has 0 amide bonds. The first-order chi connectivity index (χ1) is 4.89. The molecule has 11 heavy (non-hydrogen) atoms. The molecule has 0 rings (SSSR count). The Morgan fingerprint density at radius 2 is 1.82 bits per heavy atom. The zero-order valence-electron chi connectivity index (χ0n) is 5.67. The summed E-state index contributed by atoms with van der Waals surface area (Å²) in [5.41, 5.74) is 0. The number of alkyl halides is 3. The second kappa shape index (κ2) is 3.73. The molecule has 0 saturated carbocycles. The molecule has 0 aromatic heterocycles. The molecule has 0 bridgehead atoms. The van der Waals surface area contributed by atoms with Gasteiger partial charge in [0.2, 0.25) is 0 Å². The monoisotopic (exact) mass is 170 g/mol. The molecule has 0 radical (unpaired) electrons. The van der Waals surface area contributed by atoms with Gasteiger partial charge in [-0.25, -0.2) is 0 Å². The molecule has 2 atom stereocenters. The fraction of sp³-hybridized carbons (Fsp3) is 0.667.